The largest absolute Gasteiger partial charge is 0.480 e. The highest BCUT2D eigenvalue weighted by molar-refractivity contribution is 5.89. The number of carboxylic acids is 4. The number of likely N-dealkylation sites (tertiary alicyclic amines) is 5. The number of hydrogen-bond acceptors (Lipinski definition) is 26. The van der Waals surface area contributed by atoms with Crippen molar-refractivity contribution in [3.63, 3.8) is 0 Å². The lowest BCUT2D eigenvalue weighted by molar-refractivity contribution is -0.150. The van der Waals surface area contributed by atoms with Crippen LogP contribution in [0, 0.1) is 0 Å². The van der Waals surface area contributed by atoms with Gasteiger partial charge < -0.3 is 107 Å². The maximum Gasteiger partial charge on any atom is 0.411 e. The number of amides is 7. The van der Waals surface area contributed by atoms with E-state index >= 15 is 0 Å². The molecule has 0 bridgehead atoms. The molecule has 0 saturated carbocycles. The average Bonchev–Trinajstić information content (AvgIpc) is 1.71. The average molecular weight is 1740 g/mol. The summed E-state index contributed by atoms with van der Waals surface area (Å²) in [4.78, 5) is 157. The molecule has 5 aliphatic heterocycles. The number of ether oxygens (including phenoxy) is 7. The smallest absolute Gasteiger partial charge is 0.411 e. The second-order valence-electron chi connectivity index (χ2n) is 33.2. The molecule has 0 aromatic heterocycles. The fourth-order valence-corrected chi connectivity index (χ4v) is 12.4. The Labute approximate surface area is 723 Å². The Morgan fingerprint density at radius 2 is 0.593 bits per heavy atom. The lowest BCUT2D eigenvalue weighted by atomic mass is 10.1. The maximum atomic E-state index is 12.6. The van der Waals surface area contributed by atoms with E-state index in [-0.39, 0.29) is 97.8 Å². The number of esters is 2. The SMILES string of the molecule is C.C.C.C.CC(C)(C)OC(=O)N1C[C@H](N)C[C@H]1C(=O)O.CC(C)(C)OC(=O)N1C[C@H](Nc2ccccc2)C[C@H]1C(=O)O.CC(C)(C)OC(=O)NCC(=O)O.COC(=O)[C@@H]1C[C@@H](Nc2ccccc2)CN1C(=O)CNC(=O)OC(C)(C)C.COC(=O)[C@@H]1C[C@@H](Nc2ccccc2)CN1C(=O)OC(C)(C)C.NCC(=O)N1C[C@H](Nc2ccccc2)C[C@H]1C(=O)O. The first-order valence-electron chi connectivity index (χ1n) is 38.7. The van der Waals surface area contributed by atoms with E-state index in [4.69, 9.17) is 59.9 Å². The number of benzene rings is 4. The Bertz CT molecular complexity index is 3990. The number of hydrogen-bond donors (Lipinski definition) is 12. The molecule has 4 aromatic rings. The normalized spacial score (nSPS) is 19.8. The molecule has 0 spiro atoms. The molecule has 14 N–H and O–H groups in total. The Kier molecular flexibility index (Phi) is 46.2. The van der Waals surface area contributed by atoms with Crippen molar-refractivity contribution in [1.82, 2.24) is 35.1 Å². The summed E-state index contributed by atoms with van der Waals surface area (Å²) >= 11 is 0. The predicted octanol–water partition coefficient (Wildman–Crippen LogP) is 10.6. The molecule has 37 heteroatoms. The number of rotatable bonds is 18. The minimum atomic E-state index is -1.10. The van der Waals surface area contributed by atoms with E-state index in [1.54, 1.807) is 104 Å². The lowest BCUT2D eigenvalue weighted by Gasteiger charge is -2.27. The Morgan fingerprint density at radius 1 is 0.350 bits per heavy atom. The van der Waals surface area contributed by atoms with E-state index in [0.717, 1.165) is 22.7 Å². The van der Waals surface area contributed by atoms with Crippen LogP contribution in [0.4, 0.5) is 46.7 Å². The van der Waals surface area contributed by atoms with Crippen LogP contribution in [0.1, 0.15) is 166 Å². The molecule has 123 heavy (non-hydrogen) atoms. The van der Waals surface area contributed by atoms with Crippen molar-refractivity contribution in [3.05, 3.63) is 121 Å². The highest BCUT2D eigenvalue weighted by atomic mass is 16.6. The summed E-state index contributed by atoms with van der Waals surface area (Å²) in [6.45, 7) is 27.0. The highest BCUT2D eigenvalue weighted by Crippen LogP contribution is 2.29. The summed E-state index contributed by atoms with van der Waals surface area (Å²) in [7, 11) is 2.62. The van der Waals surface area contributed by atoms with Gasteiger partial charge in [-0.25, -0.2) is 47.9 Å². The zero-order valence-corrected chi connectivity index (χ0v) is 70.9. The number of carbonyl (C=O) groups excluding carboxylic acids is 9. The molecule has 690 valence electrons. The Morgan fingerprint density at radius 3 is 0.870 bits per heavy atom. The minimum Gasteiger partial charge on any atom is -0.480 e. The number of aliphatic carboxylic acids is 4. The van der Waals surface area contributed by atoms with Gasteiger partial charge in [0.25, 0.3) is 0 Å². The lowest BCUT2D eigenvalue weighted by Crippen LogP contribution is -2.46. The quantitative estimate of drug-likeness (QED) is 0.0325. The third kappa shape index (κ3) is 41.0. The van der Waals surface area contributed by atoms with Gasteiger partial charge in [-0.1, -0.05) is 103 Å². The van der Waals surface area contributed by atoms with Gasteiger partial charge in [0.2, 0.25) is 11.8 Å². The van der Waals surface area contributed by atoms with Crippen LogP contribution in [0.3, 0.4) is 0 Å². The van der Waals surface area contributed by atoms with E-state index in [1.165, 1.54) is 38.7 Å². The van der Waals surface area contributed by atoms with Gasteiger partial charge >= 0.3 is 66.3 Å². The monoisotopic (exact) mass is 1740 g/mol. The van der Waals surface area contributed by atoms with Crippen LogP contribution in [0.2, 0.25) is 0 Å². The van der Waals surface area contributed by atoms with Gasteiger partial charge in [-0.05, 0) is 159 Å². The number of para-hydroxylation sites is 4. The van der Waals surface area contributed by atoms with Gasteiger partial charge in [0.1, 0.15) is 71.3 Å². The highest BCUT2D eigenvalue weighted by Gasteiger charge is 2.46. The second kappa shape index (κ2) is 51.1. The van der Waals surface area contributed by atoms with Gasteiger partial charge in [0.15, 0.2) is 0 Å². The number of carbonyl (C=O) groups is 13. The molecule has 5 fully saturated rings. The number of alkyl carbamates (subject to hydrolysis) is 2. The summed E-state index contributed by atoms with van der Waals surface area (Å²) in [5, 5.41) is 53.3. The topological polar surface area (TPSA) is 508 Å². The van der Waals surface area contributed by atoms with Gasteiger partial charge in [0.05, 0.1) is 20.8 Å². The van der Waals surface area contributed by atoms with Gasteiger partial charge in [0, 0.05) is 111 Å². The Hall–Kier alpha value is -11.9. The standard InChI is InChI=1S/C19H27N3O5.C17H24N2O4.C16H22N2O4.C13H17N3O3.C10H18N2O4.C7H13NO4.4CH4/c1-19(2,3)27-18(25)20-11-16(23)22-12-14(10-15(22)17(24)26-4)21-13-8-6-5-7-9-13;1-17(2,3)23-16(21)19-11-13(10-14(19)15(20)22-4)18-12-8-6-5-7-9-12;1-16(2,3)22-15(21)18-10-12(9-13(18)14(19)20)17-11-7-5-4-6-8-11;14-7-12(17)16-8-10(6-11(16)13(18)19)15-9-4-2-1-3-5-9;1-10(2,3)16-9(15)12-5-6(11)4-7(12)8(13)14;1-7(2,3)12-6(11)8-4-5(9)10;;;;/h5-9,14-15,21H,10-12H2,1-4H3,(H,20,25);5-9,13-14,18H,10-11H2,1-4H3;4-8,12-13,17H,9-10H2,1-3H3,(H,19,20);1-5,10-11,15H,6-8,14H2,(H,18,19);6-7H,4-5,11H2,1-3H3,(H,13,14);4H2,1-3H3,(H,8,11)(H,9,10);4*1H4/t14-,15+;13-,14+;12-,13+;10-,11+;6-,7+;;;;;/m11111...../s1. The van der Waals surface area contributed by atoms with E-state index in [0.29, 0.717) is 51.9 Å². The number of nitrogens with one attached hydrogen (secondary N) is 6. The third-order valence-corrected chi connectivity index (χ3v) is 17.2. The van der Waals surface area contributed by atoms with Crippen LogP contribution in [0.25, 0.3) is 0 Å². The number of carboxylic acid groups (broad SMARTS) is 4. The maximum absolute atomic E-state index is 12.6. The van der Waals surface area contributed by atoms with Crippen LogP contribution in [0.15, 0.2) is 121 Å². The van der Waals surface area contributed by atoms with Crippen LogP contribution in [-0.4, -0.2) is 278 Å². The number of methoxy groups -OCH3 is 2. The van der Waals surface area contributed by atoms with Crippen molar-refractivity contribution in [2.24, 2.45) is 11.5 Å². The third-order valence-electron chi connectivity index (χ3n) is 17.2. The van der Waals surface area contributed by atoms with Crippen molar-refractivity contribution in [3.8, 4) is 0 Å². The van der Waals surface area contributed by atoms with Crippen molar-refractivity contribution in [1.29, 1.82) is 0 Å². The predicted molar refractivity (Wildman–Crippen MR) is 467 cm³/mol. The van der Waals surface area contributed by atoms with Crippen molar-refractivity contribution >= 4 is 101 Å². The Balaban J connectivity index is 0.00000146. The summed E-state index contributed by atoms with van der Waals surface area (Å²) in [5.41, 5.74) is 11.5. The molecule has 0 radical (unpaired) electrons. The summed E-state index contributed by atoms with van der Waals surface area (Å²) in [6, 6.07) is 33.8. The zero-order chi connectivity index (χ0) is 89.5. The van der Waals surface area contributed by atoms with Crippen LogP contribution in [-0.2, 0) is 71.5 Å². The molecule has 7 amide bonds. The van der Waals surface area contributed by atoms with E-state index in [2.05, 4.69) is 31.9 Å². The minimum absolute atomic E-state index is 0. The second-order valence-corrected chi connectivity index (χ2v) is 33.2. The molecule has 37 nitrogen and oxygen atoms in total. The van der Waals surface area contributed by atoms with Crippen molar-refractivity contribution < 1.29 is 116 Å². The van der Waals surface area contributed by atoms with Gasteiger partial charge in [-0.2, -0.15) is 0 Å². The fourth-order valence-electron chi connectivity index (χ4n) is 12.4. The molecule has 5 aliphatic rings. The number of nitrogens with zero attached hydrogens (tertiary/aromatic N) is 5. The molecule has 0 aliphatic carbocycles. The summed E-state index contributed by atoms with van der Waals surface area (Å²) < 4.78 is 35.4. The van der Waals surface area contributed by atoms with Gasteiger partial charge in [-0.15, -0.1) is 0 Å². The molecular formula is C86H137N13O24. The first-order chi connectivity index (χ1) is 55.4. The molecule has 5 heterocycles. The van der Waals surface area contributed by atoms with E-state index in [1.807, 2.05) is 121 Å². The van der Waals surface area contributed by atoms with E-state index in [9.17, 15) is 67.4 Å². The molecule has 9 rings (SSSR count). The summed E-state index contributed by atoms with van der Waals surface area (Å²) in [6.07, 6.45) is -1.17. The van der Waals surface area contributed by atoms with Gasteiger partial charge in [-0.3, -0.25) is 29.1 Å². The van der Waals surface area contributed by atoms with Crippen LogP contribution < -0.4 is 43.4 Å². The molecular weight excluding hydrogens is 1600 g/mol. The number of nitrogens with two attached hydrogens (primary N) is 2. The molecule has 5 saturated heterocycles. The van der Waals surface area contributed by atoms with Crippen molar-refractivity contribution in [2.45, 2.75) is 254 Å². The van der Waals surface area contributed by atoms with Crippen molar-refractivity contribution in [2.75, 3.05) is 87.8 Å². The first-order valence-corrected chi connectivity index (χ1v) is 38.7. The molecule has 0 unspecified atom stereocenters. The number of anilines is 4. The van der Waals surface area contributed by atoms with Crippen LogP contribution >= 0.6 is 0 Å². The van der Waals surface area contributed by atoms with E-state index < -0.39 is 131 Å². The first kappa shape index (κ1) is 111. The molecule has 4 aromatic carbocycles. The fraction of sp³-hybridized carbons (Fsp3) is 0.570. The summed E-state index contributed by atoms with van der Waals surface area (Å²) in [5.74, 6) is -5.73. The van der Waals surface area contributed by atoms with Crippen LogP contribution in [0.5, 0.6) is 0 Å². The zero-order valence-electron chi connectivity index (χ0n) is 70.9. The molecule has 10 atom stereocenters.